The molecule has 0 aliphatic carbocycles. The second-order valence-electron chi connectivity index (χ2n) is 5.03. The quantitative estimate of drug-likeness (QED) is 0.730. The van der Waals surface area contributed by atoms with Gasteiger partial charge in [-0.25, -0.2) is 0 Å². The van der Waals surface area contributed by atoms with E-state index in [-0.39, 0.29) is 5.91 Å². The standard InChI is InChI=1S/C18H20BrNO/c19-13-5-9-16-8-4-10-17(14-16)20-18(21)12-11-15-6-2-1-3-7-15/h1-4,6-8,10,14H,5,9,11-13H2,(H,20,21). The Morgan fingerprint density at radius 1 is 0.952 bits per heavy atom. The molecule has 110 valence electrons. The van der Waals surface area contributed by atoms with Crippen LogP contribution < -0.4 is 5.32 Å². The molecule has 2 rings (SSSR count). The number of aryl methyl sites for hydroxylation is 2. The van der Waals surface area contributed by atoms with E-state index in [4.69, 9.17) is 0 Å². The Hall–Kier alpha value is -1.61. The number of hydrogen-bond donors (Lipinski definition) is 1. The Kier molecular flexibility index (Phi) is 6.48. The number of benzene rings is 2. The second kappa shape index (κ2) is 8.63. The zero-order valence-corrected chi connectivity index (χ0v) is 13.6. The van der Waals surface area contributed by atoms with Crippen LogP contribution in [0.1, 0.15) is 24.0 Å². The molecule has 0 unspecified atom stereocenters. The summed E-state index contributed by atoms with van der Waals surface area (Å²) in [4.78, 5) is 12.0. The number of hydrogen-bond acceptors (Lipinski definition) is 1. The molecule has 0 aliphatic heterocycles. The van der Waals surface area contributed by atoms with Crippen LogP contribution in [-0.2, 0) is 17.6 Å². The van der Waals surface area contributed by atoms with Gasteiger partial charge in [0.25, 0.3) is 0 Å². The average Bonchev–Trinajstić information content (AvgIpc) is 2.52. The minimum Gasteiger partial charge on any atom is -0.326 e. The lowest BCUT2D eigenvalue weighted by Crippen LogP contribution is -2.12. The first-order chi connectivity index (χ1) is 10.3. The van der Waals surface area contributed by atoms with E-state index in [0.717, 1.165) is 30.3 Å². The molecule has 1 N–H and O–H groups in total. The van der Waals surface area contributed by atoms with Crippen molar-refractivity contribution >= 4 is 27.5 Å². The molecule has 0 spiro atoms. The van der Waals surface area contributed by atoms with E-state index in [2.05, 4.69) is 33.4 Å². The first-order valence-corrected chi connectivity index (χ1v) is 8.39. The van der Waals surface area contributed by atoms with Crippen molar-refractivity contribution < 1.29 is 4.79 Å². The number of carbonyl (C=O) groups is 1. The molecule has 0 saturated heterocycles. The first kappa shape index (κ1) is 15.8. The minimum absolute atomic E-state index is 0.0662. The highest BCUT2D eigenvalue weighted by molar-refractivity contribution is 9.09. The Balaban J connectivity index is 1.84. The van der Waals surface area contributed by atoms with Crippen molar-refractivity contribution in [3.8, 4) is 0 Å². The molecular formula is C18H20BrNO. The van der Waals surface area contributed by atoms with Crippen LogP contribution in [-0.4, -0.2) is 11.2 Å². The highest BCUT2D eigenvalue weighted by atomic mass is 79.9. The number of rotatable bonds is 7. The molecule has 2 aromatic rings. The Morgan fingerprint density at radius 2 is 1.71 bits per heavy atom. The number of anilines is 1. The molecule has 0 bridgehead atoms. The van der Waals surface area contributed by atoms with Gasteiger partial charge < -0.3 is 5.32 Å². The molecule has 0 atom stereocenters. The van der Waals surface area contributed by atoms with Gasteiger partial charge in [-0.2, -0.15) is 0 Å². The van der Waals surface area contributed by atoms with E-state index in [0.29, 0.717) is 6.42 Å². The predicted molar refractivity (Wildman–Crippen MR) is 91.9 cm³/mol. The van der Waals surface area contributed by atoms with Gasteiger partial charge in [0.05, 0.1) is 0 Å². The van der Waals surface area contributed by atoms with Crippen LogP contribution in [0.2, 0.25) is 0 Å². The molecule has 0 radical (unpaired) electrons. The van der Waals surface area contributed by atoms with Crippen molar-refractivity contribution in [3.63, 3.8) is 0 Å². The zero-order chi connectivity index (χ0) is 14.9. The lowest BCUT2D eigenvalue weighted by molar-refractivity contribution is -0.116. The Bertz CT molecular complexity index is 568. The molecule has 0 aromatic heterocycles. The summed E-state index contributed by atoms with van der Waals surface area (Å²) in [6, 6.07) is 18.2. The fourth-order valence-electron chi connectivity index (χ4n) is 2.20. The van der Waals surface area contributed by atoms with Crippen molar-refractivity contribution in [2.24, 2.45) is 0 Å². The van der Waals surface area contributed by atoms with Crippen molar-refractivity contribution in [2.45, 2.75) is 25.7 Å². The zero-order valence-electron chi connectivity index (χ0n) is 12.0. The van der Waals surface area contributed by atoms with Gasteiger partial charge in [-0.05, 0) is 42.5 Å². The van der Waals surface area contributed by atoms with E-state index in [1.54, 1.807) is 0 Å². The second-order valence-corrected chi connectivity index (χ2v) is 5.82. The van der Waals surface area contributed by atoms with Crippen LogP contribution in [0.15, 0.2) is 54.6 Å². The molecule has 0 fully saturated rings. The SMILES string of the molecule is O=C(CCc1ccccc1)Nc1cccc(CCCBr)c1. The molecule has 2 nitrogen and oxygen atoms in total. The fraction of sp³-hybridized carbons (Fsp3) is 0.278. The van der Waals surface area contributed by atoms with E-state index in [9.17, 15) is 4.79 Å². The topological polar surface area (TPSA) is 29.1 Å². The molecule has 1 amide bonds. The first-order valence-electron chi connectivity index (χ1n) is 7.26. The number of nitrogens with one attached hydrogen (secondary N) is 1. The number of alkyl halides is 1. The summed E-state index contributed by atoms with van der Waals surface area (Å²) in [6.07, 6.45) is 3.41. The Labute approximate surface area is 134 Å². The van der Waals surface area contributed by atoms with Gasteiger partial charge in [-0.15, -0.1) is 0 Å². The summed E-state index contributed by atoms with van der Waals surface area (Å²) >= 11 is 3.44. The van der Waals surface area contributed by atoms with Crippen molar-refractivity contribution in [1.29, 1.82) is 0 Å². The van der Waals surface area contributed by atoms with Crippen LogP contribution in [0, 0.1) is 0 Å². The molecule has 2 aromatic carbocycles. The van der Waals surface area contributed by atoms with Crippen LogP contribution in [0.4, 0.5) is 5.69 Å². The summed E-state index contributed by atoms with van der Waals surface area (Å²) in [7, 11) is 0. The summed E-state index contributed by atoms with van der Waals surface area (Å²) in [6.45, 7) is 0. The van der Waals surface area contributed by atoms with E-state index in [1.807, 2.05) is 42.5 Å². The predicted octanol–water partition coefficient (Wildman–Crippen LogP) is 4.59. The number of carbonyl (C=O) groups excluding carboxylic acids is 1. The summed E-state index contributed by atoms with van der Waals surface area (Å²) in [5.74, 6) is 0.0662. The molecule has 0 heterocycles. The molecule has 21 heavy (non-hydrogen) atoms. The van der Waals surface area contributed by atoms with Crippen molar-refractivity contribution in [2.75, 3.05) is 10.6 Å². The monoisotopic (exact) mass is 345 g/mol. The van der Waals surface area contributed by atoms with Gasteiger partial charge in [-0.1, -0.05) is 58.4 Å². The smallest absolute Gasteiger partial charge is 0.224 e. The van der Waals surface area contributed by atoms with E-state index >= 15 is 0 Å². The largest absolute Gasteiger partial charge is 0.326 e. The minimum atomic E-state index is 0.0662. The summed E-state index contributed by atoms with van der Waals surface area (Å²) < 4.78 is 0. The van der Waals surface area contributed by atoms with Crippen LogP contribution in [0.5, 0.6) is 0 Å². The normalized spacial score (nSPS) is 10.3. The Morgan fingerprint density at radius 3 is 2.48 bits per heavy atom. The van der Waals surface area contributed by atoms with Crippen LogP contribution in [0.3, 0.4) is 0 Å². The number of amides is 1. The van der Waals surface area contributed by atoms with E-state index < -0.39 is 0 Å². The van der Waals surface area contributed by atoms with Gasteiger partial charge in [0.1, 0.15) is 0 Å². The maximum Gasteiger partial charge on any atom is 0.224 e. The highest BCUT2D eigenvalue weighted by Crippen LogP contribution is 2.13. The van der Waals surface area contributed by atoms with E-state index in [1.165, 1.54) is 11.1 Å². The summed E-state index contributed by atoms with van der Waals surface area (Å²) in [5.41, 5.74) is 3.34. The highest BCUT2D eigenvalue weighted by Gasteiger charge is 2.04. The van der Waals surface area contributed by atoms with Gasteiger partial charge in [0.2, 0.25) is 5.91 Å². The third kappa shape index (κ3) is 5.72. The number of halogens is 1. The van der Waals surface area contributed by atoms with Crippen LogP contribution >= 0.6 is 15.9 Å². The van der Waals surface area contributed by atoms with Crippen molar-refractivity contribution in [3.05, 3.63) is 65.7 Å². The molecule has 3 heteroatoms. The van der Waals surface area contributed by atoms with Gasteiger partial charge >= 0.3 is 0 Å². The maximum absolute atomic E-state index is 12.0. The average molecular weight is 346 g/mol. The van der Waals surface area contributed by atoms with Crippen molar-refractivity contribution in [1.82, 2.24) is 0 Å². The maximum atomic E-state index is 12.0. The third-order valence-corrected chi connectivity index (χ3v) is 3.85. The third-order valence-electron chi connectivity index (χ3n) is 3.29. The molecular weight excluding hydrogens is 326 g/mol. The lowest BCUT2D eigenvalue weighted by Gasteiger charge is -2.07. The summed E-state index contributed by atoms with van der Waals surface area (Å²) in [5, 5.41) is 3.98. The van der Waals surface area contributed by atoms with Gasteiger partial charge in [-0.3, -0.25) is 4.79 Å². The molecule has 0 saturated carbocycles. The molecule has 0 aliphatic rings. The van der Waals surface area contributed by atoms with Crippen LogP contribution in [0.25, 0.3) is 0 Å². The fourth-order valence-corrected chi connectivity index (χ4v) is 2.48. The lowest BCUT2D eigenvalue weighted by atomic mass is 10.1. The van der Waals surface area contributed by atoms with Gasteiger partial charge in [0, 0.05) is 17.4 Å². The van der Waals surface area contributed by atoms with Gasteiger partial charge in [0.15, 0.2) is 0 Å².